The number of amides is 7. The Morgan fingerprint density at radius 1 is 1.12 bits per heavy atom. The van der Waals surface area contributed by atoms with Crippen LogP contribution in [0, 0.1) is 5.92 Å². The number of para-hydroxylation sites is 1. The van der Waals surface area contributed by atoms with Gasteiger partial charge >= 0.3 is 18.1 Å². The largest absolute Gasteiger partial charge is 0.508 e. The van der Waals surface area contributed by atoms with Crippen LogP contribution in [-0.4, -0.2) is 75.2 Å². The summed E-state index contributed by atoms with van der Waals surface area (Å²) in [6, 6.07) is 10.8. The number of carbonyl (C=O) groups is 4. The average molecular weight is 590 g/mol. The summed E-state index contributed by atoms with van der Waals surface area (Å²) in [6.07, 6.45) is 9.44. The highest BCUT2D eigenvalue weighted by Gasteiger charge is 2.53. The van der Waals surface area contributed by atoms with Gasteiger partial charge in [-0.05, 0) is 37.0 Å². The number of nitrogens with one attached hydrogen (secondary N) is 1. The zero-order valence-corrected chi connectivity index (χ0v) is 24.0. The highest BCUT2D eigenvalue weighted by molar-refractivity contribution is 5.95. The van der Waals surface area contributed by atoms with Crippen molar-refractivity contribution in [3.63, 3.8) is 0 Å². The van der Waals surface area contributed by atoms with Gasteiger partial charge in [0.15, 0.2) is 5.69 Å². The van der Waals surface area contributed by atoms with Crippen molar-refractivity contribution in [3.8, 4) is 5.75 Å². The molecule has 2 heterocycles. The van der Waals surface area contributed by atoms with Crippen LogP contribution in [0.2, 0.25) is 0 Å². The van der Waals surface area contributed by atoms with Gasteiger partial charge in [-0.2, -0.15) is 10.0 Å². The van der Waals surface area contributed by atoms with E-state index in [1.807, 2.05) is 36.4 Å². The molecule has 13 nitrogen and oxygen atoms in total. The molecular weight excluding hydrogens is 552 g/mol. The molecule has 5 rings (SSSR count). The molecule has 43 heavy (non-hydrogen) atoms. The fraction of sp³-hybridized carbons (Fsp3) is 0.333. The van der Waals surface area contributed by atoms with Crippen molar-refractivity contribution in [2.45, 2.75) is 38.4 Å². The van der Waals surface area contributed by atoms with Gasteiger partial charge in [0, 0.05) is 24.1 Å². The lowest BCUT2D eigenvalue weighted by molar-refractivity contribution is -0.129. The Hall–Kier alpha value is -4.88. The molecule has 6 N–H and O–H groups in total. The second-order valence-electron chi connectivity index (χ2n) is 11.1. The van der Waals surface area contributed by atoms with E-state index in [1.165, 1.54) is 27.1 Å². The minimum Gasteiger partial charge on any atom is -0.508 e. The minimum absolute atomic E-state index is 0.0452. The summed E-state index contributed by atoms with van der Waals surface area (Å²) in [6.45, 7) is 0.657. The summed E-state index contributed by atoms with van der Waals surface area (Å²) in [7, 11) is 1.59. The summed E-state index contributed by atoms with van der Waals surface area (Å²) >= 11 is 0. The lowest BCUT2D eigenvalue weighted by atomic mass is 10.0. The van der Waals surface area contributed by atoms with Crippen LogP contribution in [0.3, 0.4) is 0 Å². The van der Waals surface area contributed by atoms with E-state index in [9.17, 15) is 24.3 Å². The number of rotatable bonds is 7. The van der Waals surface area contributed by atoms with Crippen LogP contribution in [0.5, 0.6) is 5.75 Å². The maximum absolute atomic E-state index is 14.2. The highest BCUT2D eigenvalue weighted by Crippen LogP contribution is 2.36. The van der Waals surface area contributed by atoms with E-state index in [1.54, 1.807) is 31.3 Å². The van der Waals surface area contributed by atoms with Gasteiger partial charge in [-0.25, -0.2) is 20.2 Å². The van der Waals surface area contributed by atoms with Crippen LogP contribution in [0.15, 0.2) is 72.8 Å². The molecule has 1 aliphatic carbocycles. The molecule has 0 aromatic heterocycles. The lowest BCUT2D eigenvalue weighted by Crippen LogP contribution is -2.73. The van der Waals surface area contributed by atoms with Crippen molar-refractivity contribution in [3.05, 3.63) is 84.0 Å². The van der Waals surface area contributed by atoms with Gasteiger partial charge in [0.05, 0.1) is 19.6 Å². The first-order chi connectivity index (χ1) is 20.6. The minimum atomic E-state index is -0.853. The van der Waals surface area contributed by atoms with Crippen LogP contribution in [0.4, 0.5) is 20.1 Å². The molecule has 0 bridgehead atoms. The summed E-state index contributed by atoms with van der Waals surface area (Å²) in [5.74, 6) is 5.61. The summed E-state index contributed by atoms with van der Waals surface area (Å²) in [5, 5.41) is 13.0. The van der Waals surface area contributed by atoms with E-state index >= 15 is 0 Å². The van der Waals surface area contributed by atoms with Gasteiger partial charge in [0.25, 0.3) is 5.91 Å². The average Bonchev–Trinajstić information content (AvgIpc) is 3.50. The van der Waals surface area contributed by atoms with Crippen LogP contribution < -0.4 is 21.6 Å². The van der Waals surface area contributed by atoms with E-state index < -0.39 is 34.6 Å². The van der Waals surface area contributed by atoms with Crippen molar-refractivity contribution in [2.24, 2.45) is 17.5 Å². The molecule has 3 aliphatic rings. The number of allylic oxidation sites excluding steroid dienone is 3. The van der Waals surface area contributed by atoms with Crippen molar-refractivity contribution < 1.29 is 24.3 Å². The Kier molecular flexibility index (Phi) is 8.37. The Morgan fingerprint density at radius 3 is 2.56 bits per heavy atom. The first-order valence-corrected chi connectivity index (χ1v) is 14.2. The van der Waals surface area contributed by atoms with Crippen molar-refractivity contribution in [1.29, 1.82) is 0 Å². The number of nitrogens with zero attached hydrogens (tertiary/aromatic N) is 5. The molecule has 1 fully saturated rings. The monoisotopic (exact) mass is 589 g/mol. The van der Waals surface area contributed by atoms with Gasteiger partial charge in [-0.3, -0.25) is 15.2 Å². The number of aromatic hydroxyl groups is 1. The normalized spacial score (nSPS) is 22.7. The quantitative estimate of drug-likeness (QED) is 0.168. The second-order valence-corrected chi connectivity index (χ2v) is 11.1. The number of urea groups is 3. The van der Waals surface area contributed by atoms with Gasteiger partial charge in [0.2, 0.25) is 0 Å². The molecule has 2 unspecified atom stereocenters. The number of carbonyl (C=O) groups excluding carboxylic acids is 4. The fourth-order valence-electron chi connectivity index (χ4n) is 5.91. The van der Waals surface area contributed by atoms with E-state index in [0.29, 0.717) is 37.1 Å². The lowest BCUT2D eigenvalue weighted by Gasteiger charge is -2.45. The Bertz CT molecular complexity index is 1460. The molecule has 7 amide bonds. The zero-order chi connectivity index (χ0) is 30.7. The van der Waals surface area contributed by atoms with Crippen LogP contribution in [-0.2, 0) is 17.9 Å². The summed E-state index contributed by atoms with van der Waals surface area (Å²) < 4.78 is -0.587. The molecular formula is C30H37N8O5+. The fourth-order valence-corrected chi connectivity index (χ4v) is 5.91. The standard InChI is InChI=1S/C30H36N8O5/c1-38(37(28(31)41)19-21-8-3-2-4-9-21)26-12-6-5-10-23(26)20-36(30(38)43)33-27(40)25-11-7-17-34(25)29(42)35(32)18-22-13-15-24(39)16-14-22/h2-6,8,10,12-16,21,25H,7,9,11,17-20,32H2,1H3,(H3-,31,33,39,40,41)/p+1/t21?,25-,38?/m0/s1. The van der Waals surface area contributed by atoms with Crippen molar-refractivity contribution in [2.75, 3.05) is 20.1 Å². The van der Waals surface area contributed by atoms with Gasteiger partial charge < -0.3 is 15.7 Å². The Labute approximate surface area is 249 Å². The predicted octanol–water partition coefficient (Wildman–Crippen LogP) is 2.68. The van der Waals surface area contributed by atoms with Gasteiger partial charge in [0.1, 0.15) is 18.8 Å². The number of phenolic OH excluding ortho intramolecular Hbond substituents is 1. The number of fused-ring (bicyclic) bond motifs is 1. The number of quaternary nitrogens is 1. The molecule has 2 aromatic rings. The molecule has 0 radical (unpaired) electrons. The molecule has 1 saturated heterocycles. The second kappa shape index (κ2) is 12.2. The molecule has 2 aliphatic heterocycles. The van der Waals surface area contributed by atoms with E-state index in [2.05, 4.69) is 5.43 Å². The number of hydrazine groups is 2. The number of nitrogens with two attached hydrogens (primary N) is 2. The van der Waals surface area contributed by atoms with E-state index in [-0.39, 0.29) is 31.3 Å². The van der Waals surface area contributed by atoms with E-state index in [4.69, 9.17) is 11.6 Å². The number of phenols is 1. The Morgan fingerprint density at radius 2 is 1.86 bits per heavy atom. The van der Waals surface area contributed by atoms with Crippen LogP contribution in [0.25, 0.3) is 0 Å². The molecule has 0 saturated carbocycles. The number of primary amides is 1. The number of hydrogen-bond donors (Lipinski definition) is 4. The predicted molar refractivity (Wildman–Crippen MR) is 159 cm³/mol. The van der Waals surface area contributed by atoms with Gasteiger partial charge in [-0.15, -0.1) is 4.59 Å². The molecule has 3 atom stereocenters. The molecule has 226 valence electrons. The number of likely N-dealkylation sites (tertiary alicyclic amines) is 1. The zero-order valence-electron chi connectivity index (χ0n) is 24.0. The molecule has 2 aromatic carbocycles. The maximum Gasteiger partial charge on any atom is 0.467 e. The highest BCUT2D eigenvalue weighted by atomic mass is 16.3. The SMILES string of the molecule is C[N+]1(N(CC2C=CC=CC2)C(N)=O)C(=O)N(NC(=O)[C@@H]2CCCN2C(=O)N(N)Cc2ccc(O)cc2)Cc2ccccc21. The third-order valence-corrected chi connectivity index (χ3v) is 8.19. The van der Waals surface area contributed by atoms with Crippen molar-refractivity contribution in [1.82, 2.24) is 29.9 Å². The van der Waals surface area contributed by atoms with Crippen LogP contribution in [0.1, 0.15) is 30.4 Å². The number of hydrogen-bond acceptors (Lipinski definition) is 6. The number of benzene rings is 2. The van der Waals surface area contributed by atoms with E-state index in [0.717, 1.165) is 10.6 Å². The molecule has 13 heteroatoms. The van der Waals surface area contributed by atoms with Crippen LogP contribution >= 0.6 is 0 Å². The third kappa shape index (κ3) is 5.90. The first kappa shape index (κ1) is 29.6. The maximum atomic E-state index is 14.2. The smallest absolute Gasteiger partial charge is 0.467 e. The third-order valence-electron chi connectivity index (χ3n) is 8.19. The van der Waals surface area contributed by atoms with Crippen molar-refractivity contribution >= 4 is 29.7 Å². The van der Waals surface area contributed by atoms with Gasteiger partial charge in [-0.1, -0.05) is 54.6 Å². The Balaban J connectivity index is 1.35. The first-order valence-electron chi connectivity index (χ1n) is 14.2. The summed E-state index contributed by atoms with van der Waals surface area (Å²) in [4.78, 5) is 55.3. The molecule has 0 spiro atoms. The topological polar surface area (TPSA) is 166 Å². The summed E-state index contributed by atoms with van der Waals surface area (Å²) in [5.41, 5.74) is 10.6.